The van der Waals surface area contributed by atoms with Crippen LogP contribution in [0, 0.1) is 5.82 Å². The number of piperidine rings is 1. The van der Waals surface area contributed by atoms with Gasteiger partial charge in [-0.25, -0.2) is 14.4 Å². The van der Waals surface area contributed by atoms with Crippen LogP contribution in [0.1, 0.15) is 34.9 Å². The van der Waals surface area contributed by atoms with E-state index < -0.39 is 0 Å². The summed E-state index contributed by atoms with van der Waals surface area (Å²) in [6, 6.07) is 5.76. The van der Waals surface area contributed by atoms with Crippen LogP contribution >= 0.6 is 11.3 Å². The van der Waals surface area contributed by atoms with Gasteiger partial charge in [0.05, 0.1) is 5.51 Å². The number of carbonyl (C=O) groups is 1. The third-order valence-corrected chi connectivity index (χ3v) is 5.05. The zero-order chi connectivity index (χ0) is 18.6. The van der Waals surface area contributed by atoms with Gasteiger partial charge in [-0.1, -0.05) is 0 Å². The largest absolute Gasteiger partial charge is 0.437 e. The van der Waals surface area contributed by atoms with Crippen LogP contribution in [-0.2, 0) is 0 Å². The highest BCUT2D eigenvalue weighted by molar-refractivity contribution is 7.07. The lowest BCUT2D eigenvalue weighted by atomic mass is 9.94. The summed E-state index contributed by atoms with van der Waals surface area (Å²) in [7, 11) is 0. The van der Waals surface area contributed by atoms with Gasteiger partial charge in [-0.2, -0.15) is 0 Å². The number of hydrogen-bond acceptors (Lipinski definition) is 6. The number of aromatic nitrogens is 3. The number of nitrogens with zero attached hydrogens (tertiary/aromatic N) is 4. The second-order valence-electron chi connectivity index (χ2n) is 6.27. The molecule has 1 aliphatic heterocycles. The molecule has 1 fully saturated rings. The summed E-state index contributed by atoms with van der Waals surface area (Å²) in [5, 5.41) is 1.76. The molecule has 6 nitrogen and oxygen atoms in total. The predicted octanol–water partition coefficient (Wildman–Crippen LogP) is 3.88. The van der Waals surface area contributed by atoms with Crippen molar-refractivity contribution >= 4 is 17.2 Å². The number of likely N-dealkylation sites (tertiary alicyclic amines) is 1. The standard InChI is InChI=1S/C19H17FN4O2S/c20-14-3-5-15(6-4-14)26-18-17(21-7-8-22-18)13-2-1-9-24(10-13)19(25)16-11-27-12-23-16/h3-8,11-13H,1-2,9-10H2. The molecule has 1 aliphatic rings. The van der Waals surface area contributed by atoms with Gasteiger partial charge in [-0.05, 0) is 37.1 Å². The summed E-state index contributed by atoms with van der Waals surface area (Å²) in [5.41, 5.74) is 2.84. The molecule has 0 aliphatic carbocycles. The van der Waals surface area contributed by atoms with E-state index in [9.17, 15) is 9.18 Å². The molecule has 4 rings (SSSR count). The number of benzene rings is 1. The number of ether oxygens (including phenoxy) is 1. The smallest absolute Gasteiger partial charge is 0.273 e. The Morgan fingerprint density at radius 2 is 2.00 bits per heavy atom. The quantitative estimate of drug-likeness (QED) is 0.683. The van der Waals surface area contributed by atoms with Crippen LogP contribution in [-0.4, -0.2) is 38.8 Å². The van der Waals surface area contributed by atoms with Gasteiger partial charge < -0.3 is 9.64 Å². The van der Waals surface area contributed by atoms with Gasteiger partial charge in [0.25, 0.3) is 5.91 Å². The lowest BCUT2D eigenvalue weighted by Gasteiger charge is -2.32. The minimum Gasteiger partial charge on any atom is -0.437 e. The molecule has 1 saturated heterocycles. The number of amides is 1. The van der Waals surface area contributed by atoms with E-state index in [0.29, 0.717) is 36.1 Å². The molecule has 3 heterocycles. The molecule has 3 aromatic rings. The van der Waals surface area contributed by atoms with Crippen LogP contribution in [0.15, 0.2) is 47.5 Å². The Morgan fingerprint density at radius 1 is 1.19 bits per heavy atom. The molecule has 1 aromatic carbocycles. The van der Waals surface area contributed by atoms with Crippen LogP contribution in [0.2, 0.25) is 0 Å². The maximum absolute atomic E-state index is 13.1. The second-order valence-corrected chi connectivity index (χ2v) is 6.99. The topological polar surface area (TPSA) is 68.2 Å². The summed E-state index contributed by atoms with van der Waals surface area (Å²) in [6.07, 6.45) is 4.93. The van der Waals surface area contributed by atoms with Crippen LogP contribution in [0.25, 0.3) is 0 Å². The molecule has 1 amide bonds. The molecule has 138 valence electrons. The van der Waals surface area contributed by atoms with Gasteiger partial charge in [0.15, 0.2) is 0 Å². The first-order chi connectivity index (χ1) is 13.2. The lowest BCUT2D eigenvalue weighted by Crippen LogP contribution is -2.39. The Hall–Kier alpha value is -2.87. The molecule has 8 heteroatoms. The van der Waals surface area contributed by atoms with Crippen molar-refractivity contribution in [3.05, 3.63) is 64.8 Å². The minimum absolute atomic E-state index is 0.0190. The van der Waals surface area contributed by atoms with Gasteiger partial charge in [0, 0.05) is 36.8 Å². The number of halogens is 1. The maximum atomic E-state index is 13.1. The van der Waals surface area contributed by atoms with Gasteiger partial charge >= 0.3 is 0 Å². The average molecular weight is 384 g/mol. The van der Waals surface area contributed by atoms with Crippen LogP contribution in [0.4, 0.5) is 4.39 Å². The normalized spacial score (nSPS) is 16.9. The van der Waals surface area contributed by atoms with Crippen molar-refractivity contribution in [2.45, 2.75) is 18.8 Å². The monoisotopic (exact) mass is 384 g/mol. The number of rotatable bonds is 4. The predicted molar refractivity (Wildman–Crippen MR) is 98.5 cm³/mol. The van der Waals surface area contributed by atoms with Crippen molar-refractivity contribution in [1.29, 1.82) is 0 Å². The first-order valence-corrected chi connectivity index (χ1v) is 9.57. The molecular formula is C19H17FN4O2S. The Bertz CT molecular complexity index is 918. The summed E-state index contributed by atoms with van der Waals surface area (Å²) in [6.45, 7) is 1.23. The van der Waals surface area contributed by atoms with Gasteiger partial charge in [0.1, 0.15) is 23.0 Å². The molecule has 27 heavy (non-hydrogen) atoms. The van der Waals surface area contributed by atoms with Gasteiger partial charge in [-0.15, -0.1) is 11.3 Å². The van der Waals surface area contributed by atoms with E-state index in [4.69, 9.17) is 4.74 Å². The number of thiazole rings is 1. The van der Waals surface area contributed by atoms with E-state index in [0.717, 1.165) is 12.8 Å². The van der Waals surface area contributed by atoms with Crippen LogP contribution < -0.4 is 4.74 Å². The highest BCUT2D eigenvalue weighted by Crippen LogP contribution is 2.33. The Labute approximate surface area is 159 Å². The van der Waals surface area contributed by atoms with Gasteiger partial charge in [-0.3, -0.25) is 9.78 Å². The summed E-state index contributed by atoms with van der Waals surface area (Å²) in [4.78, 5) is 27.3. The summed E-state index contributed by atoms with van der Waals surface area (Å²) in [5.74, 6) is 0.503. The molecule has 1 atom stereocenters. The molecule has 2 aromatic heterocycles. The van der Waals surface area contributed by atoms with Crippen molar-refractivity contribution < 1.29 is 13.9 Å². The lowest BCUT2D eigenvalue weighted by molar-refractivity contribution is 0.0699. The third-order valence-electron chi connectivity index (χ3n) is 4.47. The van der Waals surface area contributed by atoms with Crippen molar-refractivity contribution in [2.24, 2.45) is 0 Å². The Morgan fingerprint density at radius 3 is 2.78 bits per heavy atom. The summed E-state index contributed by atoms with van der Waals surface area (Å²) < 4.78 is 18.9. The molecule has 0 spiro atoms. The second kappa shape index (κ2) is 7.79. The van der Waals surface area contributed by atoms with Crippen LogP contribution in [0.5, 0.6) is 11.6 Å². The molecule has 0 saturated carbocycles. The Balaban J connectivity index is 1.54. The van der Waals surface area contributed by atoms with Crippen molar-refractivity contribution in [1.82, 2.24) is 19.9 Å². The SMILES string of the molecule is O=C(c1cscn1)N1CCCC(c2nccnc2Oc2ccc(F)cc2)C1. The summed E-state index contributed by atoms with van der Waals surface area (Å²) >= 11 is 1.41. The van der Waals surface area contributed by atoms with Gasteiger partial charge in [0.2, 0.25) is 5.88 Å². The number of carbonyl (C=O) groups excluding carboxylic acids is 1. The zero-order valence-electron chi connectivity index (χ0n) is 14.4. The Kier molecular flexibility index (Phi) is 5.06. The van der Waals surface area contributed by atoms with Crippen molar-refractivity contribution in [2.75, 3.05) is 13.1 Å². The molecule has 0 bridgehead atoms. The van der Waals surface area contributed by atoms with E-state index in [2.05, 4.69) is 15.0 Å². The minimum atomic E-state index is -0.329. The van der Waals surface area contributed by atoms with E-state index in [1.165, 1.54) is 23.5 Å². The fourth-order valence-corrected chi connectivity index (χ4v) is 3.70. The van der Waals surface area contributed by atoms with E-state index in [1.807, 2.05) is 0 Å². The van der Waals surface area contributed by atoms with Crippen LogP contribution in [0.3, 0.4) is 0 Å². The first kappa shape index (κ1) is 17.5. The van der Waals surface area contributed by atoms with E-state index in [-0.39, 0.29) is 17.6 Å². The number of hydrogen-bond donors (Lipinski definition) is 0. The fourth-order valence-electron chi connectivity index (χ4n) is 3.17. The third kappa shape index (κ3) is 3.95. The molecule has 0 radical (unpaired) electrons. The maximum Gasteiger partial charge on any atom is 0.273 e. The van der Waals surface area contributed by atoms with E-state index >= 15 is 0 Å². The highest BCUT2D eigenvalue weighted by atomic mass is 32.1. The zero-order valence-corrected chi connectivity index (χ0v) is 15.2. The molecular weight excluding hydrogens is 367 g/mol. The van der Waals surface area contributed by atoms with Crippen molar-refractivity contribution in [3.63, 3.8) is 0 Å². The van der Waals surface area contributed by atoms with E-state index in [1.54, 1.807) is 40.3 Å². The highest BCUT2D eigenvalue weighted by Gasteiger charge is 2.29. The van der Waals surface area contributed by atoms with Crippen molar-refractivity contribution in [3.8, 4) is 11.6 Å². The molecule has 0 N–H and O–H groups in total. The average Bonchev–Trinajstić information content (AvgIpc) is 3.24. The fraction of sp³-hybridized carbons (Fsp3) is 0.263. The first-order valence-electron chi connectivity index (χ1n) is 8.62. The molecule has 1 unspecified atom stereocenters.